The molecule has 1 aliphatic rings. The normalized spacial score (nSPS) is 14.4. The molecule has 1 aromatic rings. The van der Waals surface area contributed by atoms with Crippen LogP contribution in [0.4, 0.5) is 5.69 Å². The van der Waals surface area contributed by atoms with Gasteiger partial charge in [-0.1, -0.05) is 0 Å². The Hall–Kier alpha value is -2.09. The smallest absolute Gasteiger partial charge is 0.241 e. The van der Waals surface area contributed by atoms with Gasteiger partial charge in [0.25, 0.3) is 0 Å². The summed E-state index contributed by atoms with van der Waals surface area (Å²) >= 11 is 0. The van der Waals surface area contributed by atoms with Crippen LogP contribution >= 0.6 is 0 Å². The molecule has 0 aromatic carbocycles. The number of carbonyl (C=O) groups is 1. The van der Waals surface area contributed by atoms with E-state index in [0.717, 1.165) is 25.9 Å². The van der Waals surface area contributed by atoms with Crippen LogP contribution in [0.5, 0.6) is 0 Å². The molecule has 0 unspecified atom stereocenters. The number of amides is 1. The van der Waals surface area contributed by atoms with Crippen molar-refractivity contribution in [2.45, 2.75) is 12.8 Å². The summed E-state index contributed by atoms with van der Waals surface area (Å²) in [5.74, 6) is 0.0789. The number of likely N-dealkylation sites (tertiary alicyclic amines) is 1. The maximum Gasteiger partial charge on any atom is 0.241 e. The zero-order valence-corrected chi connectivity index (χ0v) is 9.52. The predicted molar refractivity (Wildman–Crippen MR) is 63.3 cm³/mol. The average molecular weight is 230 g/mol. The number of nitrogens with zero attached hydrogens (tertiary/aromatic N) is 3. The maximum absolute atomic E-state index is 11.8. The molecule has 1 aliphatic heterocycles. The number of nitriles is 1. The van der Waals surface area contributed by atoms with Crippen molar-refractivity contribution in [2.75, 3.05) is 25.0 Å². The van der Waals surface area contributed by atoms with Crippen molar-refractivity contribution >= 4 is 11.6 Å². The molecule has 5 nitrogen and oxygen atoms in total. The molecule has 0 bridgehead atoms. The molecule has 2 heterocycles. The molecule has 1 saturated heterocycles. The van der Waals surface area contributed by atoms with Crippen LogP contribution in [0.1, 0.15) is 18.5 Å². The fraction of sp³-hybridized carbons (Fsp3) is 0.417. The molecule has 88 valence electrons. The third-order valence-corrected chi connectivity index (χ3v) is 2.80. The second-order valence-electron chi connectivity index (χ2n) is 3.95. The Balaban J connectivity index is 1.93. The van der Waals surface area contributed by atoms with Crippen molar-refractivity contribution in [1.29, 1.82) is 5.26 Å². The van der Waals surface area contributed by atoms with Crippen molar-refractivity contribution < 1.29 is 4.79 Å². The Bertz CT molecular complexity index is 446. The van der Waals surface area contributed by atoms with E-state index in [1.54, 1.807) is 18.3 Å². The molecule has 0 spiro atoms. The summed E-state index contributed by atoms with van der Waals surface area (Å²) in [7, 11) is 0. The van der Waals surface area contributed by atoms with E-state index in [9.17, 15) is 4.79 Å². The molecular formula is C12H14N4O. The van der Waals surface area contributed by atoms with E-state index in [1.807, 2.05) is 11.0 Å². The summed E-state index contributed by atoms with van der Waals surface area (Å²) in [6.45, 7) is 1.91. The Morgan fingerprint density at radius 3 is 3.00 bits per heavy atom. The van der Waals surface area contributed by atoms with Gasteiger partial charge in [-0.25, -0.2) is 4.98 Å². The molecular weight excluding hydrogens is 216 g/mol. The molecule has 1 N–H and O–H groups in total. The highest BCUT2D eigenvalue weighted by Gasteiger charge is 2.17. The molecule has 5 heteroatoms. The minimum Gasteiger partial charge on any atom is -0.374 e. The van der Waals surface area contributed by atoms with Crippen LogP contribution in [0.3, 0.4) is 0 Å². The Kier molecular flexibility index (Phi) is 3.55. The molecule has 0 saturated carbocycles. The highest BCUT2D eigenvalue weighted by molar-refractivity contribution is 5.81. The fourth-order valence-corrected chi connectivity index (χ4v) is 1.89. The number of hydrogen-bond acceptors (Lipinski definition) is 4. The van der Waals surface area contributed by atoms with Crippen LogP contribution in [0.15, 0.2) is 18.3 Å². The molecule has 2 rings (SSSR count). The minimum absolute atomic E-state index is 0.0789. The summed E-state index contributed by atoms with van der Waals surface area (Å²) < 4.78 is 0. The summed E-state index contributed by atoms with van der Waals surface area (Å²) in [5, 5.41) is 11.8. The molecule has 17 heavy (non-hydrogen) atoms. The standard InChI is InChI=1S/C12H14N4O/c13-8-11-10(4-3-5-14-11)15-9-12(17)16-6-1-2-7-16/h3-5,15H,1-2,6-7,9H2. The molecule has 0 radical (unpaired) electrons. The van der Waals surface area contributed by atoms with Crippen LogP contribution in [-0.2, 0) is 4.79 Å². The number of rotatable bonds is 3. The lowest BCUT2D eigenvalue weighted by atomic mass is 10.3. The third kappa shape index (κ3) is 2.72. The van der Waals surface area contributed by atoms with Gasteiger partial charge in [-0.15, -0.1) is 0 Å². The summed E-state index contributed by atoms with van der Waals surface area (Å²) in [6, 6.07) is 5.48. The monoisotopic (exact) mass is 230 g/mol. The van der Waals surface area contributed by atoms with Crippen molar-refractivity contribution in [1.82, 2.24) is 9.88 Å². The first-order valence-corrected chi connectivity index (χ1v) is 5.68. The average Bonchev–Trinajstić information content (AvgIpc) is 2.90. The van der Waals surface area contributed by atoms with E-state index in [1.165, 1.54) is 0 Å². The van der Waals surface area contributed by atoms with Crippen molar-refractivity contribution in [2.24, 2.45) is 0 Å². The van der Waals surface area contributed by atoms with E-state index < -0.39 is 0 Å². The minimum atomic E-state index is 0.0789. The van der Waals surface area contributed by atoms with Gasteiger partial charge in [-0.2, -0.15) is 5.26 Å². The molecule has 0 atom stereocenters. The Morgan fingerprint density at radius 1 is 1.53 bits per heavy atom. The topological polar surface area (TPSA) is 69.0 Å². The number of aromatic nitrogens is 1. The molecule has 1 amide bonds. The number of carbonyl (C=O) groups excluding carboxylic acids is 1. The lowest BCUT2D eigenvalue weighted by Gasteiger charge is -2.16. The maximum atomic E-state index is 11.8. The van der Waals surface area contributed by atoms with Gasteiger partial charge in [0.1, 0.15) is 6.07 Å². The molecule has 0 aliphatic carbocycles. The third-order valence-electron chi connectivity index (χ3n) is 2.80. The van der Waals surface area contributed by atoms with Gasteiger partial charge < -0.3 is 10.2 Å². The second-order valence-corrected chi connectivity index (χ2v) is 3.95. The Labute approximate surface area is 100 Å². The Morgan fingerprint density at radius 2 is 2.29 bits per heavy atom. The van der Waals surface area contributed by atoms with Crippen LogP contribution in [-0.4, -0.2) is 35.4 Å². The largest absolute Gasteiger partial charge is 0.374 e. The van der Waals surface area contributed by atoms with Crippen LogP contribution < -0.4 is 5.32 Å². The van der Waals surface area contributed by atoms with Gasteiger partial charge in [-0.05, 0) is 25.0 Å². The first-order valence-electron chi connectivity index (χ1n) is 5.68. The van der Waals surface area contributed by atoms with E-state index in [4.69, 9.17) is 5.26 Å². The second kappa shape index (κ2) is 5.30. The summed E-state index contributed by atoms with van der Waals surface area (Å²) in [5.41, 5.74) is 0.935. The highest BCUT2D eigenvalue weighted by Crippen LogP contribution is 2.11. The quantitative estimate of drug-likeness (QED) is 0.840. The number of nitrogens with one attached hydrogen (secondary N) is 1. The predicted octanol–water partition coefficient (Wildman–Crippen LogP) is 0.988. The van der Waals surface area contributed by atoms with Gasteiger partial charge in [0.15, 0.2) is 5.69 Å². The summed E-state index contributed by atoms with van der Waals surface area (Å²) in [4.78, 5) is 17.5. The van der Waals surface area contributed by atoms with Crippen LogP contribution in [0.25, 0.3) is 0 Å². The zero-order valence-electron chi connectivity index (χ0n) is 9.52. The highest BCUT2D eigenvalue weighted by atomic mass is 16.2. The lowest BCUT2D eigenvalue weighted by molar-refractivity contribution is -0.128. The lowest BCUT2D eigenvalue weighted by Crippen LogP contribution is -2.33. The zero-order chi connectivity index (χ0) is 12.1. The van der Waals surface area contributed by atoms with Gasteiger partial charge in [0.05, 0.1) is 12.2 Å². The first kappa shape index (κ1) is 11.4. The van der Waals surface area contributed by atoms with Crippen molar-refractivity contribution in [3.63, 3.8) is 0 Å². The number of hydrogen-bond donors (Lipinski definition) is 1. The SMILES string of the molecule is N#Cc1ncccc1NCC(=O)N1CCCC1. The van der Waals surface area contributed by atoms with E-state index in [2.05, 4.69) is 10.3 Å². The van der Waals surface area contributed by atoms with Gasteiger partial charge >= 0.3 is 0 Å². The summed E-state index contributed by atoms with van der Waals surface area (Å²) in [6.07, 6.45) is 3.73. The fourth-order valence-electron chi connectivity index (χ4n) is 1.89. The molecule has 1 aromatic heterocycles. The van der Waals surface area contributed by atoms with Gasteiger partial charge in [0, 0.05) is 19.3 Å². The van der Waals surface area contributed by atoms with Crippen LogP contribution in [0.2, 0.25) is 0 Å². The first-order chi connectivity index (χ1) is 8.31. The van der Waals surface area contributed by atoms with E-state index in [0.29, 0.717) is 11.4 Å². The van der Waals surface area contributed by atoms with E-state index in [-0.39, 0.29) is 12.5 Å². The van der Waals surface area contributed by atoms with Crippen molar-refractivity contribution in [3.8, 4) is 6.07 Å². The number of anilines is 1. The van der Waals surface area contributed by atoms with E-state index >= 15 is 0 Å². The van der Waals surface area contributed by atoms with Crippen LogP contribution in [0, 0.1) is 11.3 Å². The van der Waals surface area contributed by atoms with Crippen molar-refractivity contribution in [3.05, 3.63) is 24.0 Å². The number of pyridine rings is 1. The van der Waals surface area contributed by atoms with Gasteiger partial charge in [0.2, 0.25) is 5.91 Å². The van der Waals surface area contributed by atoms with Gasteiger partial charge in [-0.3, -0.25) is 4.79 Å². The molecule has 1 fully saturated rings.